The molecular weight excluding hydrogens is 297 g/mol. The zero-order chi connectivity index (χ0) is 16.4. The average molecular weight is 317 g/mol. The molecule has 0 bridgehead atoms. The van der Waals surface area contributed by atoms with E-state index in [4.69, 9.17) is 0 Å². The molecule has 1 aromatic heterocycles. The fourth-order valence-corrected chi connectivity index (χ4v) is 3.03. The SMILES string of the molecule is Cn1cc([C@@H](NC(=O)Cc2cccc(F)c2)C2CC(O)C2)cn1. The Morgan fingerprint density at radius 3 is 2.91 bits per heavy atom. The predicted molar refractivity (Wildman–Crippen MR) is 82.9 cm³/mol. The summed E-state index contributed by atoms with van der Waals surface area (Å²) >= 11 is 0. The molecule has 23 heavy (non-hydrogen) atoms. The van der Waals surface area contributed by atoms with Crippen molar-refractivity contribution in [1.29, 1.82) is 0 Å². The number of nitrogens with one attached hydrogen (secondary N) is 1. The molecule has 1 heterocycles. The number of rotatable bonds is 5. The minimum atomic E-state index is -0.346. The molecule has 1 fully saturated rings. The molecule has 1 saturated carbocycles. The van der Waals surface area contributed by atoms with Crippen LogP contribution in [0.25, 0.3) is 0 Å². The first-order valence-corrected chi connectivity index (χ1v) is 7.71. The van der Waals surface area contributed by atoms with Crippen LogP contribution in [-0.4, -0.2) is 26.9 Å². The van der Waals surface area contributed by atoms with E-state index in [0.29, 0.717) is 18.4 Å². The fraction of sp³-hybridized carbons (Fsp3) is 0.412. The van der Waals surface area contributed by atoms with E-state index in [9.17, 15) is 14.3 Å². The van der Waals surface area contributed by atoms with E-state index in [1.165, 1.54) is 12.1 Å². The van der Waals surface area contributed by atoms with Crippen molar-refractivity contribution in [3.05, 3.63) is 53.6 Å². The van der Waals surface area contributed by atoms with Gasteiger partial charge in [-0.05, 0) is 36.5 Å². The summed E-state index contributed by atoms with van der Waals surface area (Å²) in [5, 5.41) is 16.7. The first-order valence-electron chi connectivity index (χ1n) is 7.71. The maximum absolute atomic E-state index is 13.2. The fourth-order valence-electron chi connectivity index (χ4n) is 3.03. The standard InChI is InChI=1S/C17H20FN3O2/c1-21-10-13(9-19-21)17(12-7-15(22)8-12)20-16(23)6-11-3-2-4-14(18)5-11/h2-5,9-10,12,15,17,22H,6-8H2,1H3,(H,20,23)/t12?,15?,17-/m0/s1. The van der Waals surface area contributed by atoms with Crippen LogP contribution in [0.15, 0.2) is 36.7 Å². The van der Waals surface area contributed by atoms with Crippen molar-refractivity contribution in [1.82, 2.24) is 15.1 Å². The summed E-state index contributed by atoms with van der Waals surface area (Å²) < 4.78 is 14.9. The number of aromatic nitrogens is 2. The van der Waals surface area contributed by atoms with Crippen LogP contribution in [0.4, 0.5) is 4.39 Å². The lowest BCUT2D eigenvalue weighted by atomic mass is 9.75. The number of hydrogen-bond acceptors (Lipinski definition) is 3. The average Bonchev–Trinajstić information content (AvgIpc) is 2.88. The molecule has 0 unspecified atom stereocenters. The molecule has 1 aliphatic carbocycles. The first kappa shape index (κ1) is 15.7. The van der Waals surface area contributed by atoms with Crippen molar-refractivity contribution in [2.75, 3.05) is 0 Å². The highest BCUT2D eigenvalue weighted by Crippen LogP contribution is 2.37. The second-order valence-electron chi connectivity index (χ2n) is 6.18. The third-order valence-corrected chi connectivity index (χ3v) is 4.28. The molecule has 1 amide bonds. The molecule has 3 rings (SSSR count). The van der Waals surface area contributed by atoms with E-state index in [-0.39, 0.29) is 36.2 Å². The highest BCUT2D eigenvalue weighted by Gasteiger charge is 2.36. The van der Waals surface area contributed by atoms with Crippen LogP contribution in [0.5, 0.6) is 0 Å². The van der Waals surface area contributed by atoms with Gasteiger partial charge in [-0.1, -0.05) is 12.1 Å². The van der Waals surface area contributed by atoms with Gasteiger partial charge in [0.25, 0.3) is 0 Å². The molecule has 1 atom stereocenters. The molecule has 2 N–H and O–H groups in total. The number of carbonyl (C=O) groups excluding carboxylic acids is 1. The summed E-state index contributed by atoms with van der Waals surface area (Å²) in [5.74, 6) is -0.308. The Labute approximate surface area is 134 Å². The largest absolute Gasteiger partial charge is 0.393 e. The molecule has 0 saturated heterocycles. The van der Waals surface area contributed by atoms with Gasteiger partial charge >= 0.3 is 0 Å². The third kappa shape index (κ3) is 3.76. The van der Waals surface area contributed by atoms with Gasteiger partial charge in [0, 0.05) is 18.8 Å². The van der Waals surface area contributed by atoms with Gasteiger partial charge in [0.1, 0.15) is 5.82 Å². The minimum absolute atomic E-state index is 0.129. The van der Waals surface area contributed by atoms with Crippen LogP contribution in [-0.2, 0) is 18.3 Å². The van der Waals surface area contributed by atoms with Crippen LogP contribution in [0.1, 0.15) is 30.0 Å². The number of aryl methyl sites for hydroxylation is 1. The lowest BCUT2D eigenvalue weighted by Gasteiger charge is -2.37. The van der Waals surface area contributed by atoms with E-state index >= 15 is 0 Å². The summed E-state index contributed by atoms with van der Waals surface area (Å²) in [4.78, 5) is 12.3. The van der Waals surface area contributed by atoms with Gasteiger partial charge in [0.15, 0.2) is 0 Å². The highest BCUT2D eigenvalue weighted by molar-refractivity contribution is 5.79. The number of amides is 1. The van der Waals surface area contributed by atoms with Crippen LogP contribution < -0.4 is 5.32 Å². The molecular formula is C17H20FN3O2. The second kappa shape index (κ2) is 6.50. The van der Waals surface area contributed by atoms with Crippen LogP contribution in [0, 0.1) is 11.7 Å². The van der Waals surface area contributed by atoms with E-state index < -0.39 is 0 Å². The van der Waals surface area contributed by atoms with Crippen molar-refractivity contribution in [2.45, 2.75) is 31.4 Å². The van der Waals surface area contributed by atoms with Crippen molar-refractivity contribution in [2.24, 2.45) is 13.0 Å². The minimum Gasteiger partial charge on any atom is -0.393 e. The number of carbonyl (C=O) groups is 1. The maximum atomic E-state index is 13.2. The number of aliphatic hydroxyl groups excluding tert-OH is 1. The van der Waals surface area contributed by atoms with Crippen molar-refractivity contribution in [3.8, 4) is 0 Å². The van der Waals surface area contributed by atoms with Gasteiger partial charge in [-0.15, -0.1) is 0 Å². The predicted octanol–water partition coefficient (Wildman–Crippen LogP) is 1.73. The first-order chi connectivity index (χ1) is 11.0. The summed E-state index contributed by atoms with van der Waals surface area (Å²) in [7, 11) is 1.82. The zero-order valence-corrected chi connectivity index (χ0v) is 12.9. The van der Waals surface area contributed by atoms with Gasteiger partial charge < -0.3 is 10.4 Å². The Balaban J connectivity index is 1.69. The number of halogens is 1. The van der Waals surface area contributed by atoms with E-state index in [1.54, 1.807) is 23.0 Å². The monoisotopic (exact) mass is 317 g/mol. The topological polar surface area (TPSA) is 67.2 Å². The Morgan fingerprint density at radius 1 is 1.52 bits per heavy atom. The molecule has 0 radical (unpaired) electrons. The number of nitrogens with zero attached hydrogens (tertiary/aromatic N) is 2. The molecule has 0 spiro atoms. The lowest BCUT2D eigenvalue weighted by Crippen LogP contribution is -2.41. The molecule has 2 aromatic rings. The molecule has 5 nitrogen and oxygen atoms in total. The summed E-state index contributed by atoms with van der Waals surface area (Å²) in [6, 6.07) is 5.88. The number of hydrogen-bond donors (Lipinski definition) is 2. The van der Waals surface area contributed by atoms with E-state index in [2.05, 4.69) is 10.4 Å². The lowest BCUT2D eigenvalue weighted by molar-refractivity contribution is -0.122. The van der Waals surface area contributed by atoms with Gasteiger partial charge in [-0.2, -0.15) is 5.10 Å². The zero-order valence-electron chi connectivity index (χ0n) is 12.9. The van der Waals surface area contributed by atoms with Crippen LogP contribution >= 0.6 is 0 Å². The molecule has 6 heteroatoms. The molecule has 1 aromatic carbocycles. The molecule has 1 aliphatic rings. The quantitative estimate of drug-likeness (QED) is 0.882. The van der Waals surface area contributed by atoms with Gasteiger partial charge in [-0.25, -0.2) is 4.39 Å². The second-order valence-corrected chi connectivity index (χ2v) is 6.18. The normalized spacial score (nSPS) is 21.5. The van der Waals surface area contributed by atoms with Crippen molar-refractivity contribution < 1.29 is 14.3 Å². The van der Waals surface area contributed by atoms with Crippen molar-refractivity contribution in [3.63, 3.8) is 0 Å². The summed E-state index contributed by atoms with van der Waals surface area (Å²) in [6.45, 7) is 0. The van der Waals surface area contributed by atoms with Crippen LogP contribution in [0.2, 0.25) is 0 Å². The van der Waals surface area contributed by atoms with E-state index in [1.807, 2.05) is 13.2 Å². The number of benzene rings is 1. The third-order valence-electron chi connectivity index (χ3n) is 4.28. The van der Waals surface area contributed by atoms with Crippen molar-refractivity contribution >= 4 is 5.91 Å². The smallest absolute Gasteiger partial charge is 0.224 e. The Bertz CT molecular complexity index is 695. The highest BCUT2D eigenvalue weighted by atomic mass is 19.1. The van der Waals surface area contributed by atoms with E-state index in [0.717, 1.165) is 5.56 Å². The van der Waals surface area contributed by atoms with Gasteiger partial charge in [-0.3, -0.25) is 9.48 Å². The summed E-state index contributed by atoms with van der Waals surface area (Å²) in [6.07, 6.45) is 4.78. The molecule has 0 aliphatic heterocycles. The Hall–Kier alpha value is -2.21. The maximum Gasteiger partial charge on any atom is 0.224 e. The van der Waals surface area contributed by atoms with Crippen LogP contribution in [0.3, 0.4) is 0 Å². The number of aliphatic hydroxyl groups is 1. The Kier molecular flexibility index (Phi) is 4.43. The van der Waals surface area contributed by atoms with Gasteiger partial charge in [0.2, 0.25) is 5.91 Å². The molecule has 122 valence electrons. The van der Waals surface area contributed by atoms with Gasteiger partial charge in [0.05, 0.1) is 24.8 Å². The Morgan fingerprint density at radius 2 is 2.30 bits per heavy atom. The summed E-state index contributed by atoms with van der Waals surface area (Å²) in [5.41, 5.74) is 1.57.